The first kappa shape index (κ1) is 16.4. The van der Waals surface area contributed by atoms with Crippen molar-refractivity contribution in [2.24, 2.45) is 5.73 Å². The third kappa shape index (κ3) is 3.34. The number of hydrogen-bond donors (Lipinski definition) is 2. The van der Waals surface area contributed by atoms with Gasteiger partial charge in [0.25, 0.3) is 0 Å². The largest absolute Gasteiger partial charge is 0.457 e. The number of rotatable bonds is 4. The number of ether oxygens (including phenoxy) is 1. The van der Waals surface area contributed by atoms with E-state index in [1.165, 1.54) is 0 Å². The van der Waals surface area contributed by atoms with E-state index in [9.17, 15) is 4.79 Å². The highest BCUT2D eigenvalue weighted by Gasteiger charge is 2.08. The number of amides is 1. The van der Waals surface area contributed by atoms with Crippen LogP contribution in [0.15, 0.2) is 66.7 Å². The molecule has 3 aromatic carbocycles. The molecule has 1 amide bonds. The number of carbonyl (C=O) groups is 1. The fraction of sp³-hybridized carbons (Fsp3) is 0. The van der Waals surface area contributed by atoms with E-state index in [0.717, 1.165) is 11.1 Å². The van der Waals surface area contributed by atoms with Gasteiger partial charge in [0.15, 0.2) is 0 Å². The molecule has 0 saturated heterocycles. The van der Waals surface area contributed by atoms with E-state index in [0.29, 0.717) is 34.0 Å². The molecular weight excluding hydrogens is 340 g/mol. The summed E-state index contributed by atoms with van der Waals surface area (Å²) in [4.78, 5) is 19.0. The van der Waals surface area contributed by atoms with Crippen LogP contribution in [0.5, 0.6) is 11.5 Å². The van der Waals surface area contributed by atoms with Gasteiger partial charge in [0.2, 0.25) is 5.91 Å². The number of fused-ring (bicyclic) bond motifs is 1. The number of H-pyrrole nitrogens is 1. The van der Waals surface area contributed by atoms with E-state index in [1.807, 2.05) is 24.3 Å². The Balaban J connectivity index is 1.57. The molecule has 0 unspecified atom stereocenters. The molecule has 6 heteroatoms. The Kier molecular flexibility index (Phi) is 4.03. The first-order valence-electron chi connectivity index (χ1n) is 8.20. The fourth-order valence-corrected chi connectivity index (χ4v) is 2.71. The highest BCUT2D eigenvalue weighted by atomic mass is 16.5. The summed E-state index contributed by atoms with van der Waals surface area (Å²) in [6.45, 7) is 0. The Morgan fingerprint density at radius 2 is 1.67 bits per heavy atom. The van der Waals surface area contributed by atoms with Gasteiger partial charge in [-0.15, -0.1) is 0 Å². The number of hydrogen-bond acceptors (Lipinski definition) is 4. The lowest BCUT2D eigenvalue weighted by molar-refractivity contribution is 0.100. The van der Waals surface area contributed by atoms with Crippen molar-refractivity contribution in [2.45, 2.75) is 0 Å². The maximum absolute atomic E-state index is 11.3. The quantitative estimate of drug-likeness (QED) is 0.578. The molecular formula is C21H14N4O2. The van der Waals surface area contributed by atoms with Gasteiger partial charge in [0, 0.05) is 11.1 Å². The van der Waals surface area contributed by atoms with Crippen LogP contribution in [0.2, 0.25) is 0 Å². The minimum atomic E-state index is -0.481. The normalized spacial score (nSPS) is 10.5. The van der Waals surface area contributed by atoms with Crippen LogP contribution in [0, 0.1) is 11.3 Å². The molecule has 0 bridgehead atoms. The Labute approximate surface area is 154 Å². The molecule has 130 valence electrons. The zero-order valence-electron chi connectivity index (χ0n) is 14.1. The van der Waals surface area contributed by atoms with Crippen LogP contribution in [-0.4, -0.2) is 15.9 Å². The number of nitrogens with zero attached hydrogens (tertiary/aromatic N) is 2. The smallest absolute Gasteiger partial charge is 0.248 e. The lowest BCUT2D eigenvalue weighted by Crippen LogP contribution is -2.10. The number of aromatic nitrogens is 2. The summed E-state index contributed by atoms with van der Waals surface area (Å²) >= 11 is 0. The number of nitriles is 1. The monoisotopic (exact) mass is 354 g/mol. The van der Waals surface area contributed by atoms with Crippen LogP contribution in [0.25, 0.3) is 22.4 Å². The predicted octanol–water partition coefficient (Wildman–Crippen LogP) is 3.99. The molecule has 4 rings (SSSR count). The van der Waals surface area contributed by atoms with Crippen molar-refractivity contribution in [2.75, 3.05) is 0 Å². The zero-order chi connectivity index (χ0) is 18.8. The molecule has 0 fully saturated rings. The molecule has 6 nitrogen and oxygen atoms in total. The Morgan fingerprint density at radius 3 is 2.30 bits per heavy atom. The van der Waals surface area contributed by atoms with Crippen LogP contribution in [0.1, 0.15) is 15.9 Å². The average molecular weight is 354 g/mol. The number of nitrogens with two attached hydrogens (primary N) is 1. The average Bonchev–Trinajstić information content (AvgIpc) is 3.12. The lowest BCUT2D eigenvalue weighted by atomic mass is 10.2. The molecule has 0 atom stereocenters. The molecule has 4 aromatic rings. The summed E-state index contributed by atoms with van der Waals surface area (Å²) in [7, 11) is 0. The second kappa shape index (κ2) is 6.65. The number of aromatic amines is 1. The molecule has 1 aromatic heterocycles. The Morgan fingerprint density at radius 1 is 1.00 bits per heavy atom. The predicted molar refractivity (Wildman–Crippen MR) is 101 cm³/mol. The van der Waals surface area contributed by atoms with E-state index < -0.39 is 5.91 Å². The summed E-state index contributed by atoms with van der Waals surface area (Å²) in [6, 6.07) is 21.6. The SMILES string of the molecule is N#Cc1ccc(Oc2ccc(-c3nc4cc(C(N)=O)ccc4[nH]3)cc2)cc1. The number of nitrogens with one attached hydrogen (secondary N) is 1. The second-order valence-electron chi connectivity index (χ2n) is 5.94. The van der Waals surface area contributed by atoms with Gasteiger partial charge in [-0.1, -0.05) is 0 Å². The van der Waals surface area contributed by atoms with Gasteiger partial charge in [-0.2, -0.15) is 5.26 Å². The van der Waals surface area contributed by atoms with Crippen LogP contribution in [0.3, 0.4) is 0 Å². The van der Waals surface area contributed by atoms with Crippen LogP contribution in [0.4, 0.5) is 0 Å². The van der Waals surface area contributed by atoms with Crippen LogP contribution < -0.4 is 10.5 Å². The van der Waals surface area contributed by atoms with Gasteiger partial charge in [-0.25, -0.2) is 4.98 Å². The molecule has 0 aliphatic heterocycles. The van der Waals surface area contributed by atoms with E-state index >= 15 is 0 Å². The van der Waals surface area contributed by atoms with Crippen molar-refractivity contribution in [3.63, 3.8) is 0 Å². The maximum Gasteiger partial charge on any atom is 0.248 e. The van der Waals surface area contributed by atoms with Gasteiger partial charge >= 0.3 is 0 Å². The number of imidazole rings is 1. The van der Waals surface area contributed by atoms with E-state index in [1.54, 1.807) is 42.5 Å². The molecule has 3 N–H and O–H groups in total. The molecule has 27 heavy (non-hydrogen) atoms. The van der Waals surface area contributed by atoms with E-state index in [4.69, 9.17) is 15.7 Å². The van der Waals surface area contributed by atoms with Crippen molar-refractivity contribution in [3.05, 3.63) is 77.9 Å². The zero-order valence-corrected chi connectivity index (χ0v) is 14.1. The van der Waals surface area contributed by atoms with Crippen molar-refractivity contribution in [1.29, 1.82) is 5.26 Å². The van der Waals surface area contributed by atoms with E-state index in [2.05, 4.69) is 16.0 Å². The van der Waals surface area contributed by atoms with Crippen LogP contribution >= 0.6 is 0 Å². The van der Waals surface area contributed by atoms with Gasteiger partial charge in [0.1, 0.15) is 17.3 Å². The summed E-state index contributed by atoms with van der Waals surface area (Å²) in [5.41, 5.74) is 8.71. The van der Waals surface area contributed by atoms with Crippen LogP contribution in [-0.2, 0) is 0 Å². The number of carbonyl (C=O) groups excluding carboxylic acids is 1. The summed E-state index contributed by atoms with van der Waals surface area (Å²) in [6.07, 6.45) is 0. The molecule has 1 heterocycles. The highest BCUT2D eigenvalue weighted by Crippen LogP contribution is 2.26. The van der Waals surface area contributed by atoms with Crippen molar-refractivity contribution >= 4 is 16.9 Å². The van der Waals surface area contributed by atoms with Crippen molar-refractivity contribution < 1.29 is 9.53 Å². The summed E-state index contributed by atoms with van der Waals surface area (Å²) in [5, 5.41) is 8.83. The molecule has 0 spiro atoms. The molecule has 0 aliphatic carbocycles. The first-order valence-corrected chi connectivity index (χ1v) is 8.20. The summed E-state index contributed by atoms with van der Waals surface area (Å²) < 4.78 is 5.78. The van der Waals surface area contributed by atoms with Gasteiger partial charge in [0.05, 0.1) is 22.7 Å². The Bertz CT molecular complexity index is 1170. The minimum Gasteiger partial charge on any atom is -0.457 e. The van der Waals surface area contributed by atoms with Gasteiger partial charge < -0.3 is 15.5 Å². The Hall–Kier alpha value is -4.11. The highest BCUT2D eigenvalue weighted by molar-refractivity contribution is 5.96. The fourth-order valence-electron chi connectivity index (χ4n) is 2.71. The summed E-state index contributed by atoms with van der Waals surface area (Å²) in [5.74, 6) is 1.54. The van der Waals surface area contributed by atoms with Gasteiger partial charge in [-0.05, 0) is 66.7 Å². The number of primary amides is 1. The minimum absolute atomic E-state index is 0.423. The molecule has 0 aliphatic rings. The van der Waals surface area contributed by atoms with Crippen molar-refractivity contribution in [1.82, 2.24) is 9.97 Å². The molecule has 0 radical (unpaired) electrons. The maximum atomic E-state index is 11.3. The van der Waals surface area contributed by atoms with E-state index in [-0.39, 0.29) is 0 Å². The van der Waals surface area contributed by atoms with Crippen molar-refractivity contribution in [3.8, 4) is 29.0 Å². The third-order valence-corrected chi connectivity index (χ3v) is 4.11. The lowest BCUT2D eigenvalue weighted by Gasteiger charge is -2.06. The third-order valence-electron chi connectivity index (χ3n) is 4.11. The van der Waals surface area contributed by atoms with Gasteiger partial charge in [-0.3, -0.25) is 4.79 Å². The number of benzene rings is 3. The topological polar surface area (TPSA) is 105 Å². The first-order chi connectivity index (χ1) is 13.1. The molecule has 0 saturated carbocycles. The second-order valence-corrected chi connectivity index (χ2v) is 5.94. The standard InChI is InChI=1S/C21H14N4O2/c22-12-13-1-6-16(7-2-13)27-17-8-3-14(4-9-17)21-24-18-10-5-15(20(23)26)11-19(18)25-21/h1-11H,(H2,23,26)(H,24,25).